The third kappa shape index (κ3) is 3.77. The molecule has 1 unspecified atom stereocenters. The number of nitrogens with zero attached hydrogens (tertiary/aromatic N) is 3. The standard InChI is InChI=1S/C15H25ClN4O/c1-3-4-7-20-15(21)14(16)13(10-18-20)19-8-5-12(6-9-19)11(2)17/h10-12H,3-9,17H2,1-2H3. The van der Waals surface area contributed by atoms with Crippen molar-refractivity contribution < 1.29 is 0 Å². The summed E-state index contributed by atoms with van der Waals surface area (Å²) in [6, 6.07) is 0.225. The quantitative estimate of drug-likeness (QED) is 0.906. The van der Waals surface area contributed by atoms with Crippen LogP contribution in [0.15, 0.2) is 11.0 Å². The average molecular weight is 313 g/mol. The van der Waals surface area contributed by atoms with E-state index in [1.807, 2.05) is 0 Å². The molecule has 0 radical (unpaired) electrons. The van der Waals surface area contributed by atoms with Crippen LogP contribution >= 0.6 is 11.6 Å². The van der Waals surface area contributed by atoms with Crippen LogP contribution in [0.3, 0.4) is 0 Å². The van der Waals surface area contributed by atoms with E-state index >= 15 is 0 Å². The highest BCUT2D eigenvalue weighted by Crippen LogP contribution is 2.27. The number of anilines is 1. The lowest BCUT2D eigenvalue weighted by atomic mass is 9.91. The van der Waals surface area contributed by atoms with Gasteiger partial charge in [0, 0.05) is 25.7 Å². The van der Waals surface area contributed by atoms with Crippen molar-refractivity contribution in [1.82, 2.24) is 9.78 Å². The van der Waals surface area contributed by atoms with E-state index in [1.165, 1.54) is 4.68 Å². The van der Waals surface area contributed by atoms with Gasteiger partial charge in [-0.25, -0.2) is 4.68 Å². The van der Waals surface area contributed by atoms with Gasteiger partial charge in [0.2, 0.25) is 0 Å². The zero-order chi connectivity index (χ0) is 15.4. The van der Waals surface area contributed by atoms with Crippen LogP contribution in [0.4, 0.5) is 5.69 Å². The largest absolute Gasteiger partial charge is 0.369 e. The first-order valence-electron chi connectivity index (χ1n) is 7.80. The molecule has 1 saturated heterocycles. The van der Waals surface area contributed by atoms with Crippen LogP contribution in [0.1, 0.15) is 39.5 Å². The first kappa shape index (κ1) is 16.3. The molecular weight excluding hydrogens is 288 g/mol. The van der Waals surface area contributed by atoms with Crippen molar-refractivity contribution in [1.29, 1.82) is 0 Å². The number of halogens is 1. The summed E-state index contributed by atoms with van der Waals surface area (Å²) in [6.45, 7) is 6.54. The van der Waals surface area contributed by atoms with E-state index < -0.39 is 0 Å². The molecule has 0 saturated carbocycles. The van der Waals surface area contributed by atoms with Crippen molar-refractivity contribution in [2.24, 2.45) is 11.7 Å². The van der Waals surface area contributed by atoms with Crippen molar-refractivity contribution >= 4 is 17.3 Å². The lowest BCUT2D eigenvalue weighted by Crippen LogP contribution is -2.40. The molecular formula is C15H25ClN4O. The molecule has 0 amide bonds. The molecule has 0 bridgehead atoms. The maximum atomic E-state index is 12.2. The van der Waals surface area contributed by atoms with Gasteiger partial charge in [0.05, 0.1) is 11.9 Å². The molecule has 6 heteroatoms. The molecule has 0 spiro atoms. The van der Waals surface area contributed by atoms with Crippen molar-refractivity contribution in [2.45, 2.75) is 52.1 Å². The molecule has 1 aromatic rings. The van der Waals surface area contributed by atoms with Gasteiger partial charge in [-0.05, 0) is 32.1 Å². The summed E-state index contributed by atoms with van der Waals surface area (Å²) in [7, 11) is 0. The Morgan fingerprint density at radius 1 is 1.48 bits per heavy atom. The molecule has 5 nitrogen and oxygen atoms in total. The number of aryl methyl sites for hydroxylation is 1. The highest BCUT2D eigenvalue weighted by atomic mass is 35.5. The van der Waals surface area contributed by atoms with Crippen LogP contribution in [-0.2, 0) is 6.54 Å². The summed E-state index contributed by atoms with van der Waals surface area (Å²) < 4.78 is 1.46. The highest BCUT2D eigenvalue weighted by molar-refractivity contribution is 6.33. The minimum Gasteiger partial charge on any atom is -0.369 e. The Morgan fingerprint density at radius 3 is 2.71 bits per heavy atom. The molecule has 2 rings (SSSR count). The third-order valence-corrected chi connectivity index (χ3v) is 4.67. The Kier molecular flexibility index (Phi) is 5.65. The molecule has 0 aliphatic carbocycles. The fraction of sp³-hybridized carbons (Fsp3) is 0.733. The predicted octanol–water partition coefficient (Wildman–Crippen LogP) is 2.26. The minimum atomic E-state index is -0.183. The zero-order valence-corrected chi connectivity index (χ0v) is 13.6. The van der Waals surface area contributed by atoms with Crippen molar-refractivity contribution in [3.8, 4) is 0 Å². The summed E-state index contributed by atoms with van der Waals surface area (Å²) in [6.07, 6.45) is 5.76. The first-order valence-corrected chi connectivity index (χ1v) is 8.18. The average Bonchev–Trinajstić information content (AvgIpc) is 2.49. The molecule has 1 atom stereocenters. The number of aromatic nitrogens is 2. The van der Waals surface area contributed by atoms with Gasteiger partial charge >= 0.3 is 0 Å². The number of hydrogen-bond acceptors (Lipinski definition) is 4. The van der Waals surface area contributed by atoms with Crippen molar-refractivity contribution in [3.05, 3.63) is 21.6 Å². The van der Waals surface area contributed by atoms with Crippen LogP contribution in [0.25, 0.3) is 0 Å². The third-order valence-electron chi connectivity index (χ3n) is 4.31. The molecule has 1 fully saturated rings. The topological polar surface area (TPSA) is 64.2 Å². The van der Waals surface area contributed by atoms with Gasteiger partial charge in [-0.15, -0.1) is 0 Å². The van der Waals surface area contributed by atoms with Crippen LogP contribution in [0, 0.1) is 5.92 Å². The smallest absolute Gasteiger partial charge is 0.287 e. The summed E-state index contributed by atoms with van der Waals surface area (Å²) in [5, 5.41) is 4.55. The van der Waals surface area contributed by atoms with Gasteiger partial charge in [-0.1, -0.05) is 24.9 Å². The second-order valence-electron chi connectivity index (χ2n) is 5.91. The van der Waals surface area contributed by atoms with E-state index in [0.717, 1.165) is 44.5 Å². The fourth-order valence-corrected chi connectivity index (χ4v) is 3.08. The summed E-state index contributed by atoms with van der Waals surface area (Å²) in [5.74, 6) is 0.554. The molecule has 0 aromatic carbocycles. The van der Waals surface area contributed by atoms with E-state index in [1.54, 1.807) is 6.20 Å². The summed E-state index contributed by atoms with van der Waals surface area (Å²) in [4.78, 5) is 14.4. The fourth-order valence-electron chi connectivity index (χ4n) is 2.81. The first-order chi connectivity index (χ1) is 10.0. The number of piperidine rings is 1. The second-order valence-corrected chi connectivity index (χ2v) is 6.29. The van der Waals surface area contributed by atoms with E-state index in [4.69, 9.17) is 17.3 Å². The van der Waals surface area contributed by atoms with E-state index in [2.05, 4.69) is 23.8 Å². The molecule has 21 heavy (non-hydrogen) atoms. The van der Waals surface area contributed by atoms with Crippen molar-refractivity contribution in [2.75, 3.05) is 18.0 Å². The van der Waals surface area contributed by atoms with E-state index in [-0.39, 0.29) is 11.6 Å². The minimum absolute atomic E-state index is 0.183. The molecule has 2 N–H and O–H groups in total. The van der Waals surface area contributed by atoms with E-state index in [0.29, 0.717) is 17.5 Å². The highest BCUT2D eigenvalue weighted by Gasteiger charge is 2.24. The predicted molar refractivity (Wildman–Crippen MR) is 87.0 cm³/mol. The number of unbranched alkanes of at least 4 members (excludes halogenated alkanes) is 1. The maximum absolute atomic E-state index is 12.2. The molecule has 1 aliphatic rings. The Labute approximate surface area is 131 Å². The maximum Gasteiger partial charge on any atom is 0.287 e. The monoisotopic (exact) mass is 312 g/mol. The normalized spacial score (nSPS) is 18.0. The van der Waals surface area contributed by atoms with Crippen LogP contribution in [0.5, 0.6) is 0 Å². The van der Waals surface area contributed by atoms with Gasteiger partial charge < -0.3 is 10.6 Å². The Hall–Kier alpha value is -1.07. The number of hydrogen-bond donors (Lipinski definition) is 1. The lowest BCUT2D eigenvalue weighted by Gasteiger charge is -2.35. The van der Waals surface area contributed by atoms with Crippen LogP contribution < -0.4 is 16.2 Å². The Bertz CT molecular complexity index is 521. The second kappa shape index (κ2) is 7.27. The van der Waals surface area contributed by atoms with Gasteiger partial charge in [-0.2, -0.15) is 5.10 Å². The van der Waals surface area contributed by atoms with E-state index in [9.17, 15) is 4.79 Å². The van der Waals surface area contributed by atoms with Gasteiger partial charge in [0.1, 0.15) is 5.02 Å². The molecule has 2 heterocycles. The molecule has 118 valence electrons. The number of nitrogens with two attached hydrogens (primary N) is 1. The summed E-state index contributed by atoms with van der Waals surface area (Å²) >= 11 is 6.27. The Morgan fingerprint density at radius 2 is 2.14 bits per heavy atom. The number of rotatable bonds is 5. The van der Waals surface area contributed by atoms with Crippen molar-refractivity contribution in [3.63, 3.8) is 0 Å². The van der Waals surface area contributed by atoms with Gasteiger partial charge in [-0.3, -0.25) is 4.79 Å². The van der Waals surface area contributed by atoms with Crippen LogP contribution in [-0.4, -0.2) is 28.9 Å². The van der Waals surface area contributed by atoms with Gasteiger partial charge in [0.25, 0.3) is 5.56 Å². The van der Waals surface area contributed by atoms with Gasteiger partial charge in [0.15, 0.2) is 0 Å². The molecule has 1 aliphatic heterocycles. The Balaban J connectivity index is 2.11. The zero-order valence-electron chi connectivity index (χ0n) is 12.9. The summed E-state index contributed by atoms with van der Waals surface area (Å²) in [5.41, 5.74) is 6.54. The van der Waals surface area contributed by atoms with Crippen LogP contribution in [0.2, 0.25) is 5.02 Å². The SMILES string of the molecule is CCCCn1ncc(N2CCC(C(C)N)CC2)c(Cl)c1=O. The lowest BCUT2D eigenvalue weighted by molar-refractivity contribution is 0.354. The molecule has 1 aromatic heterocycles.